The molecular weight excluding hydrogens is 195 g/mol. The van der Waals surface area contributed by atoms with E-state index in [0.717, 1.165) is 0 Å². The van der Waals surface area contributed by atoms with E-state index in [1.165, 1.54) is 5.40 Å². The van der Waals surface area contributed by atoms with Crippen LogP contribution in [-0.4, -0.2) is 48.9 Å². The van der Waals surface area contributed by atoms with E-state index in [4.69, 9.17) is 5.26 Å². The predicted octanol–water partition coefficient (Wildman–Crippen LogP) is 0.241. The maximum absolute atomic E-state index is 7.18. The Bertz CT molecular complexity index is 35.0. The van der Waals surface area contributed by atoms with Crippen molar-refractivity contribution in [2.24, 2.45) is 0 Å². The quantitative estimate of drug-likeness (QED) is 0.337. The van der Waals surface area contributed by atoms with Gasteiger partial charge >= 0.3 is 48.9 Å². The zero-order valence-electron chi connectivity index (χ0n) is 4.10. The molecule has 0 heterocycles. The second-order valence-electron chi connectivity index (χ2n) is 0.100. The standard InChI is InChI=1S/CHNS.Ba.2H/c2-1-3;;;/h3H;;;/q;+2;2*-1. The molecule has 0 radical (unpaired) electrons. The Morgan fingerprint density at radius 1 is 2.00 bits per heavy atom. The molecule has 0 unspecified atom stereocenters. The summed E-state index contributed by atoms with van der Waals surface area (Å²) in [5, 5.41) is 8.63. The van der Waals surface area contributed by atoms with Crippen molar-refractivity contribution >= 4 is 61.5 Å². The Balaban J connectivity index is -0.00000000667. The Labute approximate surface area is 73.8 Å². The first-order valence-corrected chi connectivity index (χ1v) is 0.894. The summed E-state index contributed by atoms with van der Waals surface area (Å²) >= 11 is 3.09. The van der Waals surface area contributed by atoms with E-state index in [9.17, 15) is 0 Å². The molecule has 0 amide bonds. The Kier molecular flexibility index (Phi) is 20.0. The molecule has 1 nitrogen and oxygen atoms in total. The van der Waals surface area contributed by atoms with Crippen molar-refractivity contribution < 1.29 is 2.85 Å². The second kappa shape index (κ2) is 8.83. The van der Waals surface area contributed by atoms with Crippen LogP contribution in [0.1, 0.15) is 2.85 Å². The molecule has 0 rings (SSSR count). The number of thiocyanates is 1. The summed E-state index contributed by atoms with van der Waals surface area (Å²) in [4.78, 5) is 0. The fourth-order valence-electron chi connectivity index (χ4n) is 0. The van der Waals surface area contributed by atoms with E-state index in [-0.39, 0.29) is 51.7 Å². The topological polar surface area (TPSA) is 23.8 Å². The van der Waals surface area contributed by atoms with Gasteiger partial charge in [0.1, 0.15) is 5.40 Å². The molecule has 0 aliphatic rings. The molecule has 0 fully saturated rings. The van der Waals surface area contributed by atoms with Gasteiger partial charge in [0.2, 0.25) is 0 Å². The smallest absolute Gasteiger partial charge is 1.00 e. The third-order valence-electron chi connectivity index (χ3n) is 0. The van der Waals surface area contributed by atoms with Gasteiger partial charge in [-0.15, -0.1) is 0 Å². The van der Waals surface area contributed by atoms with Crippen LogP contribution in [0, 0.1) is 10.7 Å². The largest absolute Gasteiger partial charge is 2.00 e. The van der Waals surface area contributed by atoms with E-state index in [2.05, 4.69) is 12.6 Å². The van der Waals surface area contributed by atoms with Gasteiger partial charge in [-0.05, 0) is 0 Å². The third-order valence-corrected chi connectivity index (χ3v) is 0. The minimum atomic E-state index is 0. The molecule has 0 saturated heterocycles. The average Bonchev–Trinajstić information content (AvgIpc) is 0.918. The summed E-state index contributed by atoms with van der Waals surface area (Å²) < 4.78 is 0. The maximum atomic E-state index is 7.18. The van der Waals surface area contributed by atoms with Crippen LogP contribution in [0.25, 0.3) is 0 Å². The maximum Gasteiger partial charge on any atom is 2.00 e. The summed E-state index contributed by atoms with van der Waals surface area (Å²) in [6.45, 7) is 0. The minimum Gasteiger partial charge on any atom is -1.00 e. The van der Waals surface area contributed by atoms with Crippen molar-refractivity contribution in [1.29, 1.82) is 5.26 Å². The van der Waals surface area contributed by atoms with Gasteiger partial charge in [0, 0.05) is 0 Å². The first-order chi connectivity index (χ1) is 1.41. The zero-order chi connectivity index (χ0) is 2.71. The normalized spacial score (nSPS) is 2.00. The van der Waals surface area contributed by atoms with E-state index >= 15 is 0 Å². The number of rotatable bonds is 0. The molecule has 0 aliphatic carbocycles. The van der Waals surface area contributed by atoms with Gasteiger partial charge in [-0.25, -0.2) is 0 Å². The van der Waals surface area contributed by atoms with Gasteiger partial charge in [0.15, 0.2) is 0 Å². The number of thiol groups is 1. The second-order valence-corrected chi connectivity index (χ2v) is 0.300. The van der Waals surface area contributed by atoms with Crippen molar-refractivity contribution in [2.75, 3.05) is 0 Å². The van der Waals surface area contributed by atoms with Crippen LogP contribution in [0.3, 0.4) is 0 Å². The van der Waals surface area contributed by atoms with Crippen molar-refractivity contribution in [3.63, 3.8) is 0 Å². The van der Waals surface area contributed by atoms with Gasteiger partial charge in [-0.1, -0.05) is 12.6 Å². The molecule has 0 atom stereocenters. The molecule has 0 spiro atoms. The Morgan fingerprint density at radius 3 is 2.00 bits per heavy atom. The van der Waals surface area contributed by atoms with Crippen LogP contribution in [0.4, 0.5) is 0 Å². The molecule has 0 aliphatic heterocycles. The van der Waals surface area contributed by atoms with Gasteiger partial charge in [-0.3, -0.25) is 0 Å². The number of nitriles is 1. The molecule has 0 saturated carbocycles. The first kappa shape index (κ1) is 9.05. The van der Waals surface area contributed by atoms with Gasteiger partial charge < -0.3 is 2.85 Å². The van der Waals surface area contributed by atoms with Crippen molar-refractivity contribution in [3.05, 3.63) is 0 Å². The summed E-state index contributed by atoms with van der Waals surface area (Å²) in [6, 6.07) is 0. The predicted molar refractivity (Wildman–Crippen MR) is 22.6 cm³/mol. The van der Waals surface area contributed by atoms with E-state index in [0.29, 0.717) is 0 Å². The fraction of sp³-hybridized carbons (Fsp3) is 0. The molecule has 4 heavy (non-hydrogen) atoms. The van der Waals surface area contributed by atoms with Crippen LogP contribution >= 0.6 is 12.6 Å². The van der Waals surface area contributed by atoms with Gasteiger partial charge in [0.05, 0.1) is 0 Å². The van der Waals surface area contributed by atoms with E-state index < -0.39 is 0 Å². The van der Waals surface area contributed by atoms with E-state index in [1.807, 2.05) is 0 Å². The molecule has 0 N–H and O–H groups in total. The minimum absolute atomic E-state index is 0. The van der Waals surface area contributed by atoms with Gasteiger partial charge in [0.25, 0.3) is 0 Å². The molecule has 0 bridgehead atoms. The monoisotopic (exact) mass is 199 g/mol. The van der Waals surface area contributed by atoms with E-state index in [1.54, 1.807) is 0 Å². The Hall–Kier alpha value is 1.41. The summed E-state index contributed by atoms with van der Waals surface area (Å²) in [5.41, 5.74) is 0. The molecule has 0 aromatic rings. The number of nitrogens with zero attached hydrogens (tertiary/aromatic N) is 1. The first-order valence-electron chi connectivity index (χ1n) is 0.447. The Morgan fingerprint density at radius 2 is 2.00 bits per heavy atom. The summed E-state index contributed by atoms with van der Waals surface area (Å²) in [6.07, 6.45) is 0. The van der Waals surface area contributed by atoms with Gasteiger partial charge in [-0.2, -0.15) is 5.26 Å². The van der Waals surface area contributed by atoms with Crippen LogP contribution in [0.15, 0.2) is 0 Å². The van der Waals surface area contributed by atoms with Crippen LogP contribution in [0.5, 0.6) is 0 Å². The molecule has 20 valence electrons. The van der Waals surface area contributed by atoms with Crippen molar-refractivity contribution in [3.8, 4) is 5.40 Å². The average molecular weight is 198 g/mol. The van der Waals surface area contributed by atoms with Crippen LogP contribution in [0.2, 0.25) is 0 Å². The van der Waals surface area contributed by atoms with Crippen LogP contribution in [-0.2, 0) is 0 Å². The number of hydrogen-bond acceptors (Lipinski definition) is 2. The zero-order valence-corrected chi connectivity index (χ0v) is 7.44. The van der Waals surface area contributed by atoms with Crippen molar-refractivity contribution in [1.82, 2.24) is 0 Å². The number of hydrogen-bond donors (Lipinski definition) is 1. The SMILES string of the molecule is N#CS.[Ba+2].[H-].[H-]. The van der Waals surface area contributed by atoms with Crippen molar-refractivity contribution in [2.45, 2.75) is 0 Å². The third kappa shape index (κ3) is 9.96. The summed E-state index contributed by atoms with van der Waals surface area (Å²) in [5.74, 6) is 0. The fourth-order valence-corrected chi connectivity index (χ4v) is 0. The molecule has 0 aromatic heterocycles. The summed E-state index contributed by atoms with van der Waals surface area (Å²) in [7, 11) is 0. The molecule has 0 aromatic carbocycles. The molecular formula is CH3BaNS. The van der Waals surface area contributed by atoms with Crippen LogP contribution < -0.4 is 0 Å². The molecule has 3 heteroatoms.